The van der Waals surface area contributed by atoms with E-state index in [0.29, 0.717) is 32.7 Å². The fourth-order valence-corrected chi connectivity index (χ4v) is 5.13. The molecule has 2 aromatic carbocycles. The van der Waals surface area contributed by atoms with Crippen LogP contribution in [0.25, 0.3) is 11.1 Å². The zero-order chi connectivity index (χ0) is 24.5. The molecule has 0 spiro atoms. The SMILES string of the molecule is O=C(O)CC/C=C\CC[C@@H]1[C@@H](OCc2ccc(-c3ccccc3)cc2)CC(=O)[C@H]1N1CCOCC1. The number of morpholine rings is 1. The number of hydrogen-bond acceptors (Lipinski definition) is 5. The lowest BCUT2D eigenvalue weighted by Crippen LogP contribution is -2.49. The van der Waals surface area contributed by atoms with Gasteiger partial charge in [0, 0.05) is 31.8 Å². The first kappa shape index (κ1) is 25.3. The van der Waals surface area contributed by atoms with Crippen molar-refractivity contribution < 1.29 is 24.2 Å². The second-order valence-electron chi connectivity index (χ2n) is 9.32. The highest BCUT2D eigenvalue weighted by molar-refractivity contribution is 5.87. The number of allylic oxidation sites excluding steroid dienone is 2. The molecule has 3 atom stereocenters. The summed E-state index contributed by atoms with van der Waals surface area (Å²) in [5, 5.41) is 8.81. The van der Waals surface area contributed by atoms with Crippen LogP contribution < -0.4 is 0 Å². The van der Waals surface area contributed by atoms with Crippen molar-refractivity contribution >= 4 is 11.8 Å². The normalized spacial score (nSPS) is 23.2. The van der Waals surface area contributed by atoms with E-state index in [-0.39, 0.29) is 30.3 Å². The Bertz CT molecular complexity index is 982. The molecule has 35 heavy (non-hydrogen) atoms. The molecule has 0 radical (unpaired) electrons. The Morgan fingerprint density at radius 3 is 2.40 bits per heavy atom. The van der Waals surface area contributed by atoms with Gasteiger partial charge in [0.2, 0.25) is 0 Å². The van der Waals surface area contributed by atoms with E-state index in [1.807, 2.05) is 30.4 Å². The van der Waals surface area contributed by atoms with Gasteiger partial charge < -0.3 is 14.6 Å². The summed E-state index contributed by atoms with van der Waals surface area (Å²) in [5.74, 6) is -0.404. The number of ketones is 1. The van der Waals surface area contributed by atoms with Gasteiger partial charge >= 0.3 is 5.97 Å². The van der Waals surface area contributed by atoms with Gasteiger partial charge in [-0.2, -0.15) is 0 Å². The summed E-state index contributed by atoms with van der Waals surface area (Å²) >= 11 is 0. The number of aliphatic carboxylic acids is 1. The average Bonchev–Trinajstić information content (AvgIpc) is 3.20. The van der Waals surface area contributed by atoms with Crippen molar-refractivity contribution in [2.75, 3.05) is 26.3 Å². The van der Waals surface area contributed by atoms with Gasteiger partial charge in [-0.3, -0.25) is 14.5 Å². The summed E-state index contributed by atoms with van der Waals surface area (Å²) in [5.41, 5.74) is 3.45. The highest BCUT2D eigenvalue weighted by Crippen LogP contribution is 2.35. The van der Waals surface area contributed by atoms with Crippen molar-refractivity contribution in [3.63, 3.8) is 0 Å². The third kappa shape index (κ3) is 7.10. The second kappa shape index (κ2) is 12.8. The number of carbonyl (C=O) groups excluding carboxylic acids is 1. The van der Waals surface area contributed by atoms with Crippen LogP contribution in [0, 0.1) is 5.92 Å². The van der Waals surface area contributed by atoms with Crippen molar-refractivity contribution in [2.45, 2.75) is 50.9 Å². The number of Topliss-reactive ketones (excluding diaryl/α,β-unsaturated/α-hetero) is 1. The van der Waals surface area contributed by atoms with Gasteiger partial charge in [0.15, 0.2) is 5.78 Å². The first-order valence-electron chi connectivity index (χ1n) is 12.6. The smallest absolute Gasteiger partial charge is 0.303 e. The van der Waals surface area contributed by atoms with Crippen LogP contribution in [-0.2, 0) is 25.7 Å². The van der Waals surface area contributed by atoms with Crippen LogP contribution in [0.1, 0.15) is 37.7 Å². The predicted octanol–water partition coefficient (Wildman–Crippen LogP) is 4.73. The molecule has 0 unspecified atom stereocenters. The van der Waals surface area contributed by atoms with Crippen LogP contribution in [0.4, 0.5) is 0 Å². The van der Waals surface area contributed by atoms with Crippen molar-refractivity contribution in [3.8, 4) is 11.1 Å². The van der Waals surface area contributed by atoms with E-state index in [9.17, 15) is 9.59 Å². The quantitative estimate of drug-likeness (QED) is 0.472. The number of carboxylic acids is 1. The first-order chi connectivity index (χ1) is 17.1. The minimum atomic E-state index is -0.784. The number of hydrogen-bond donors (Lipinski definition) is 1. The molecule has 0 bridgehead atoms. The predicted molar refractivity (Wildman–Crippen MR) is 135 cm³/mol. The lowest BCUT2D eigenvalue weighted by molar-refractivity contribution is -0.136. The molecule has 2 aliphatic rings. The second-order valence-corrected chi connectivity index (χ2v) is 9.32. The van der Waals surface area contributed by atoms with E-state index in [2.05, 4.69) is 41.3 Å². The molecule has 1 N–H and O–H groups in total. The maximum absolute atomic E-state index is 13.1. The Kier molecular flexibility index (Phi) is 9.23. The molecular weight excluding hydrogens is 442 g/mol. The van der Waals surface area contributed by atoms with E-state index in [0.717, 1.165) is 31.5 Å². The van der Waals surface area contributed by atoms with E-state index >= 15 is 0 Å². The van der Waals surface area contributed by atoms with E-state index in [1.165, 1.54) is 11.1 Å². The Morgan fingerprint density at radius 2 is 1.69 bits per heavy atom. The number of benzene rings is 2. The Morgan fingerprint density at radius 1 is 1.00 bits per heavy atom. The molecule has 1 heterocycles. The fraction of sp³-hybridized carbons (Fsp3) is 0.448. The fourth-order valence-electron chi connectivity index (χ4n) is 5.13. The van der Waals surface area contributed by atoms with Gasteiger partial charge in [-0.15, -0.1) is 0 Å². The maximum Gasteiger partial charge on any atom is 0.303 e. The van der Waals surface area contributed by atoms with Crippen molar-refractivity contribution in [1.29, 1.82) is 0 Å². The number of ether oxygens (including phenoxy) is 2. The molecule has 4 rings (SSSR count). The minimum Gasteiger partial charge on any atom is -0.481 e. The summed E-state index contributed by atoms with van der Waals surface area (Å²) < 4.78 is 11.9. The molecule has 186 valence electrons. The number of nitrogens with zero attached hydrogens (tertiary/aromatic N) is 1. The maximum atomic E-state index is 13.1. The largest absolute Gasteiger partial charge is 0.481 e. The molecule has 0 aromatic heterocycles. The molecule has 1 saturated carbocycles. The summed E-state index contributed by atoms with van der Waals surface area (Å²) in [6.45, 7) is 3.34. The van der Waals surface area contributed by atoms with Crippen LogP contribution in [-0.4, -0.2) is 60.2 Å². The third-order valence-electron chi connectivity index (χ3n) is 6.94. The van der Waals surface area contributed by atoms with Gasteiger partial charge in [0.1, 0.15) is 0 Å². The van der Waals surface area contributed by atoms with Crippen LogP contribution in [0.15, 0.2) is 66.7 Å². The van der Waals surface area contributed by atoms with Crippen molar-refractivity contribution in [3.05, 3.63) is 72.3 Å². The number of carboxylic acid groups (broad SMARTS) is 1. The van der Waals surface area contributed by atoms with Gasteiger partial charge in [-0.25, -0.2) is 0 Å². The molecular formula is C29H35NO5. The highest BCUT2D eigenvalue weighted by atomic mass is 16.5. The lowest BCUT2D eigenvalue weighted by Gasteiger charge is -2.35. The molecule has 2 aromatic rings. The third-order valence-corrected chi connectivity index (χ3v) is 6.94. The highest BCUT2D eigenvalue weighted by Gasteiger charge is 2.45. The summed E-state index contributed by atoms with van der Waals surface area (Å²) in [4.78, 5) is 26.1. The van der Waals surface area contributed by atoms with Crippen LogP contribution >= 0.6 is 0 Å². The topological polar surface area (TPSA) is 76.1 Å². The van der Waals surface area contributed by atoms with Gasteiger partial charge in [0.25, 0.3) is 0 Å². The molecule has 6 heteroatoms. The first-order valence-corrected chi connectivity index (χ1v) is 12.6. The molecule has 1 aliphatic heterocycles. The number of carbonyl (C=O) groups is 2. The zero-order valence-corrected chi connectivity index (χ0v) is 20.2. The summed E-state index contributed by atoms with van der Waals surface area (Å²) in [6.07, 6.45) is 6.63. The average molecular weight is 478 g/mol. The van der Waals surface area contributed by atoms with E-state index < -0.39 is 5.97 Å². The number of rotatable bonds is 11. The van der Waals surface area contributed by atoms with Gasteiger partial charge in [-0.1, -0.05) is 66.7 Å². The molecule has 1 aliphatic carbocycles. The molecule has 2 fully saturated rings. The molecule has 0 amide bonds. The lowest BCUT2D eigenvalue weighted by atomic mass is 9.93. The monoisotopic (exact) mass is 477 g/mol. The van der Waals surface area contributed by atoms with Crippen molar-refractivity contribution in [2.24, 2.45) is 5.92 Å². The summed E-state index contributed by atoms with van der Waals surface area (Å²) in [7, 11) is 0. The molecule has 1 saturated heterocycles. The van der Waals surface area contributed by atoms with Gasteiger partial charge in [0.05, 0.1) is 32.0 Å². The standard InChI is InChI=1S/C29H35NO5/c31-26-20-27(35-21-22-12-14-24(15-13-22)23-8-4-3-5-9-23)25(10-6-1-2-7-11-28(32)33)29(26)30-16-18-34-19-17-30/h1-5,8-9,12-15,25,27,29H,6-7,10-11,16-21H2,(H,32,33)/b2-1-/t25-,27+,29+/m1/s1. The Labute approximate surface area is 207 Å². The van der Waals surface area contributed by atoms with E-state index in [1.54, 1.807) is 0 Å². The Balaban J connectivity index is 1.38. The van der Waals surface area contributed by atoms with Crippen LogP contribution in [0.3, 0.4) is 0 Å². The summed E-state index contributed by atoms with van der Waals surface area (Å²) in [6, 6.07) is 18.6. The van der Waals surface area contributed by atoms with Gasteiger partial charge in [-0.05, 0) is 36.0 Å². The van der Waals surface area contributed by atoms with Crippen molar-refractivity contribution in [1.82, 2.24) is 4.90 Å². The van der Waals surface area contributed by atoms with Crippen LogP contribution in [0.5, 0.6) is 0 Å². The van der Waals surface area contributed by atoms with Crippen LogP contribution in [0.2, 0.25) is 0 Å². The Hall–Kier alpha value is -2.80. The van der Waals surface area contributed by atoms with E-state index in [4.69, 9.17) is 14.6 Å². The minimum absolute atomic E-state index is 0.114. The zero-order valence-electron chi connectivity index (χ0n) is 20.2. The molecule has 6 nitrogen and oxygen atoms in total.